The molecule has 0 bridgehead atoms. The number of carbonyl (C=O) groups is 2. The number of urea groups is 1. The molecule has 1 aromatic rings. The molecule has 0 saturated heterocycles. The van der Waals surface area contributed by atoms with E-state index in [1.165, 1.54) is 9.80 Å². The minimum Gasteiger partial charge on any atom is -0.347 e. The van der Waals surface area contributed by atoms with Crippen molar-refractivity contribution in [3.8, 4) is 0 Å². The molecule has 0 aliphatic carbocycles. The van der Waals surface area contributed by atoms with Gasteiger partial charge in [0.15, 0.2) is 6.04 Å². The number of likely N-dealkylation sites (N-methyl/N-ethyl adjacent to an activating group) is 1. The fourth-order valence-corrected chi connectivity index (χ4v) is 2.33. The molecular formula is C11H17N5O3. The summed E-state index contributed by atoms with van der Waals surface area (Å²) in [5, 5.41) is 12.9. The number of aromatic nitrogens is 2. The van der Waals surface area contributed by atoms with Crippen LogP contribution in [0.2, 0.25) is 0 Å². The summed E-state index contributed by atoms with van der Waals surface area (Å²) < 4.78 is 1.60. The Morgan fingerprint density at radius 2 is 2.21 bits per heavy atom. The molecule has 3 amide bonds. The van der Waals surface area contributed by atoms with E-state index in [1.807, 2.05) is 0 Å². The minimum absolute atomic E-state index is 0.229. The number of nitrogens with zero attached hydrogens (tertiary/aromatic N) is 4. The fraction of sp³-hybridized carbons (Fsp3) is 0.545. The number of amides is 3. The van der Waals surface area contributed by atoms with E-state index >= 15 is 0 Å². The molecule has 104 valence electrons. The molecule has 0 radical (unpaired) electrons. The molecule has 8 heteroatoms. The van der Waals surface area contributed by atoms with Gasteiger partial charge in [-0.1, -0.05) is 0 Å². The maximum Gasteiger partial charge on any atom is 0.342 e. The highest BCUT2D eigenvalue weighted by atomic mass is 16.5. The topological polar surface area (TPSA) is 90.7 Å². The van der Waals surface area contributed by atoms with Gasteiger partial charge >= 0.3 is 6.03 Å². The van der Waals surface area contributed by atoms with Crippen LogP contribution in [0.25, 0.3) is 0 Å². The van der Waals surface area contributed by atoms with Gasteiger partial charge in [0, 0.05) is 27.7 Å². The average molecular weight is 267 g/mol. The maximum absolute atomic E-state index is 12.3. The molecule has 1 aliphatic heterocycles. The Kier molecular flexibility index (Phi) is 3.43. The lowest BCUT2D eigenvalue weighted by Crippen LogP contribution is -2.50. The van der Waals surface area contributed by atoms with E-state index < -0.39 is 12.1 Å². The van der Waals surface area contributed by atoms with E-state index in [9.17, 15) is 9.59 Å². The second kappa shape index (κ2) is 4.88. The fourth-order valence-electron chi connectivity index (χ4n) is 2.33. The van der Waals surface area contributed by atoms with Crippen LogP contribution in [-0.2, 0) is 18.3 Å². The largest absolute Gasteiger partial charge is 0.347 e. The molecule has 1 aromatic heterocycles. The van der Waals surface area contributed by atoms with Gasteiger partial charge in [-0.05, 0) is 12.0 Å². The van der Waals surface area contributed by atoms with Crippen LogP contribution in [0.4, 0.5) is 4.79 Å². The molecule has 8 nitrogen and oxygen atoms in total. The van der Waals surface area contributed by atoms with E-state index in [-0.39, 0.29) is 5.91 Å². The third-order valence-electron chi connectivity index (χ3n) is 3.29. The molecule has 1 atom stereocenters. The summed E-state index contributed by atoms with van der Waals surface area (Å²) in [5.41, 5.74) is 3.22. The van der Waals surface area contributed by atoms with Gasteiger partial charge in [0.1, 0.15) is 0 Å². The van der Waals surface area contributed by atoms with Crippen molar-refractivity contribution >= 4 is 11.9 Å². The molecule has 0 aromatic carbocycles. The molecule has 0 unspecified atom stereocenters. The average Bonchev–Trinajstić information content (AvgIpc) is 2.77. The third-order valence-corrected chi connectivity index (χ3v) is 3.29. The Bertz CT molecular complexity index is 510. The number of fused-ring (bicyclic) bond motifs is 1. The molecule has 0 spiro atoms. The van der Waals surface area contributed by atoms with E-state index in [0.717, 1.165) is 5.56 Å². The summed E-state index contributed by atoms with van der Waals surface area (Å²) in [7, 11) is 4.99. The first-order valence-electron chi connectivity index (χ1n) is 5.90. The zero-order valence-corrected chi connectivity index (χ0v) is 11.1. The van der Waals surface area contributed by atoms with Crippen molar-refractivity contribution in [1.82, 2.24) is 25.1 Å². The van der Waals surface area contributed by atoms with Crippen molar-refractivity contribution in [3.63, 3.8) is 0 Å². The van der Waals surface area contributed by atoms with Crippen LogP contribution in [0.3, 0.4) is 0 Å². The standard InChI is InChI=1S/C11H17N5O3/c1-14(2)10(17)9-8-7(6-12-15(8)3)4-5-16(9)11(18)13-19/h6,9,19H,4-5H2,1-3H3,(H,13,18)/t9-/m1/s1. The van der Waals surface area contributed by atoms with Crippen LogP contribution in [0.15, 0.2) is 6.20 Å². The highest BCUT2D eigenvalue weighted by molar-refractivity contribution is 5.88. The number of nitrogens with one attached hydrogen (secondary N) is 1. The zero-order valence-electron chi connectivity index (χ0n) is 11.1. The van der Waals surface area contributed by atoms with Gasteiger partial charge in [-0.3, -0.25) is 14.7 Å². The molecule has 1 aliphatic rings. The number of aryl methyl sites for hydroxylation is 1. The lowest BCUT2D eigenvalue weighted by atomic mass is 9.99. The van der Waals surface area contributed by atoms with Crippen LogP contribution >= 0.6 is 0 Å². The van der Waals surface area contributed by atoms with Gasteiger partial charge in [-0.25, -0.2) is 10.3 Å². The Balaban J connectivity index is 2.47. The Morgan fingerprint density at radius 1 is 1.53 bits per heavy atom. The van der Waals surface area contributed by atoms with E-state index in [4.69, 9.17) is 5.21 Å². The van der Waals surface area contributed by atoms with Crippen molar-refractivity contribution in [1.29, 1.82) is 0 Å². The Labute approximate surface area is 110 Å². The normalized spacial score (nSPS) is 17.9. The highest BCUT2D eigenvalue weighted by Crippen LogP contribution is 2.30. The first-order valence-corrected chi connectivity index (χ1v) is 5.90. The third kappa shape index (κ3) is 2.14. The second-order valence-corrected chi connectivity index (χ2v) is 4.67. The number of carbonyl (C=O) groups excluding carboxylic acids is 2. The van der Waals surface area contributed by atoms with Gasteiger partial charge < -0.3 is 9.80 Å². The van der Waals surface area contributed by atoms with Crippen LogP contribution < -0.4 is 5.48 Å². The highest BCUT2D eigenvalue weighted by Gasteiger charge is 2.39. The number of hydrogen-bond acceptors (Lipinski definition) is 4. The van der Waals surface area contributed by atoms with Crippen LogP contribution in [0, 0.1) is 0 Å². The molecule has 2 rings (SSSR count). The Morgan fingerprint density at radius 3 is 2.79 bits per heavy atom. The number of rotatable bonds is 1. The van der Waals surface area contributed by atoms with Crippen molar-refractivity contribution < 1.29 is 14.8 Å². The number of hydroxylamine groups is 1. The predicted molar refractivity (Wildman–Crippen MR) is 65.4 cm³/mol. The lowest BCUT2D eigenvalue weighted by molar-refractivity contribution is -0.134. The quantitative estimate of drug-likeness (QED) is 0.530. The number of hydrogen-bond donors (Lipinski definition) is 2. The first kappa shape index (κ1) is 13.3. The molecule has 0 fully saturated rings. The first-order chi connectivity index (χ1) is 8.97. The van der Waals surface area contributed by atoms with E-state index in [1.54, 1.807) is 37.5 Å². The summed E-state index contributed by atoms with van der Waals surface area (Å²) in [5.74, 6) is -0.229. The second-order valence-electron chi connectivity index (χ2n) is 4.67. The molecule has 19 heavy (non-hydrogen) atoms. The summed E-state index contributed by atoms with van der Waals surface area (Å²) in [6.07, 6.45) is 2.31. The van der Waals surface area contributed by atoms with Crippen molar-refractivity contribution in [2.75, 3.05) is 20.6 Å². The van der Waals surface area contributed by atoms with E-state index in [0.29, 0.717) is 18.7 Å². The predicted octanol–water partition coefficient (Wildman–Crippen LogP) is -0.494. The van der Waals surface area contributed by atoms with Crippen LogP contribution in [0.1, 0.15) is 17.3 Å². The smallest absolute Gasteiger partial charge is 0.342 e. The molecule has 2 N–H and O–H groups in total. The van der Waals surface area contributed by atoms with Gasteiger partial charge in [0.25, 0.3) is 5.91 Å². The van der Waals surface area contributed by atoms with Gasteiger partial charge in [0.05, 0.1) is 11.9 Å². The van der Waals surface area contributed by atoms with E-state index in [2.05, 4.69) is 5.10 Å². The molecule has 2 heterocycles. The maximum atomic E-state index is 12.3. The summed E-state index contributed by atoms with van der Waals surface area (Å²) >= 11 is 0. The summed E-state index contributed by atoms with van der Waals surface area (Å²) in [6, 6.07) is -1.45. The van der Waals surface area contributed by atoms with Crippen molar-refractivity contribution in [3.05, 3.63) is 17.5 Å². The molecular weight excluding hydrogens is 250 g/mol. The SMILES string of the molecule is CN(C)C(=O)[C@H]1c2c(cnn2C)CCN1C(=O)NO. The van der Waals surface area contributed by atoms with Gasteiger partial charge in [0.2, 0.25) is 0 Å². The van der Waals surface area contributed by atoms with Crippen molar-refractivity contribution in [2.45, 2.75) is 12.5 Å². The lowest BCUT2D eigenvalue weighted by Gasteiger charge is -2.35. The van der Waals surface area contributed by atoms with Crippen molar-refractivity contribution in [2.24, 2.45) is 7.05 Å². The minimum atomic E-state index is -0.765. The Hall–Kier alpha value is -2.09. The van der Waals surface area contributed by atoms with Crippen LogP contribution in [0.5, 0.6) is 0 Å². The summed E-state index contributed by atoms with van der Waals surface area (Å²) in [6.45, 7) is 0.356. The van der Waals surface area contributed by atoms with Crippen LogP contribution in [-0.4, -0.2) is 57.4 Å². The molecule has 0 saturated carbocycles. The monoisotopic (exact) mass is 267 g/mol. The van der Waals surface area contributed by atoms with Gasteiger partial charge in [-0.15, -0.1) is 0 Å². The zero-order chi connectivity index (χ0) is 14.2. The van der Waals surface area contributed by atoms with Gasteiger partial charge in [-0.2, -0.15) is 5.10 Å². The summed E-state index contributed by atoms with van der Waals surface area (Å²) in [4.78, 5) is 26.8.